The lowest BCUT2D eigenvalue weighted by Gasteiger charge is -2.09. The predicted molar refractivity (Wildman–Crippen MR) is 112 cm³/mol. The third-order valence-electron chi connectivity index (χ3n) is 4.79. The summed E-state index contributed by atoms with van der Waals surface area (Å²) in [6, 6.07) is 21.4. The number of carbonyl (C=O) groups excluding carboxylic acids is 2. The van der Waals surface area contributed by atoms with Crippen LogP contribution in [0, 0.1) is 6.92 Å². The molecule has 29 heavy (non-hydrogen) atoms. The van der Waals surface area contributed by atoms with E-state index in [0.29, 0.717) is 33.9 Å². The highest BCUT2D eigenvalue weighted by molar-refractivity contribution is 6.11. The van der Waals surface area contributed by atoms with Gasteiger partial charge in [-0.05, 0) is 31.2 Å². The van der Waals surface area contributed by atoms with Crippen molar-refractivity contribution in [1.29, 1.82) is 0 Å². The maximum atomic E-state index is 12.8. The topological polar surface area (TPSA) is 68.5 Å². The molecule has 0 saturated heterocycles. The molecule has 0 radical (unpaired) electrons. The molecule has 0 bridgehead atoms. The van der Waals surface area contributed by atoms with Gasteiger partial charge in [0.15, 0.2) is 5.76 Å². The minimum absolute atomic E-state index is 0.168. The first-order valence-corrected chi connectivity index (χ1v) is 9.15. The van der Waals surface area contributed by atoms with E-state index in [0.717, 1.165) is 10.9 Å². The molecule has 1 amide bonds. The van der Waals surface area contributed by atoms with Crippen molar-refractivity contribution in [3.63, 3.8) is 0 Å². The Kier molecular flexibility index (Phi) is 4.87. The van der Waals surface area contributed by atoms with Crippen LogP contribution in [0.15, 0.2) is 77.2 Å². The van der Waals surface area contributed by atoms with Crippen LogP contribution in [-0.4, -0.2) is 18.8 Å². The van der Waals surface area contributed by atoms with Crippen LogP contribution in [0.5, 0.6) is 5.75 Å². The number of rotatable bonds is 5. The van der Waals surface area contributed by atoms with E-state index in [9.17, 15) is 9.59 Å². The van der Waals surface area contributed by atoms with Crippen molar-refractivity contribution >= 4 is 28.3 Å². The zero-order valence-electron chi connectivity index (χ0n) is 16.1. The van der Waals surface area contributed by atoms with E-state index in [1.54, 1.807) is 48.5 Å². The number of nitrogens with one attached hydrogen (secondary N) is 1. The molecule has 0 aliphatic rings. The van der Waals surface area contributed by atoms with E-state index in [2.05, 4.69) is 5.32 Å². The second-order valence-corrected chi connectivity index (χ2v) is 6.62. The van der Waals surface area contributed by atoms with Crippen LogP contribution in [0.4, 0.5) is 5.69 Å². The fourth-order valence-corrected chi connectivity index (χ4v) is 3.27. The number of fused-ring (bicyclic) bond motifs is 1. The van der Waals surface area contributed by atoms with Gasteiger partial charge >= 0.3 is 0 Å². The first-order valence-electron chi connectivity index (χ1n) is 9.15. The lowest BCUT2D eigenvalue weighted by molar-refractivity contribution is 0.101. The molecule has 0 atom stereocenters. The number of ketones is 1. The molecule has 4 aromatic rings. The van der Waals surface area contributed by atoms with Gasteiger partial charge in [0.25, 0.3) is 5.91 Å². The van der Waals surface area contributed by atoms with E-state index in [-0.39, 0.29) is 11.7 Å². The Morgan fingerprint density at radius 3 is 2.41 bits per heavy atom. The predicted octanol–water partition coefficient (Wildman–Crippen LogP) is 5.23. The zero-order chi connectivity index (χ0) is 20.4. The molecule has 144 valence electrons. The van der Waals surface area contributed by atoms with Crippen molar-refractivity contribution in [2.45, 2.75) is 6.92 Å². The average Bonchev–Trinajstić information content (AvgIpc) is 3.09. The molecule has 1 N–H and O–H groups in total. The number of para-hydroxylation sites is 1. The van der Waals surface area contributed by atoms with Crippen LogP contribution >= 0.6 is 0 Å². The summed E-state index contributed by atoms with van der Waals surface area (Å²) in [6.45, 7) is 1.86. The molecular weight excluding hydrogens is 366 g/mol. The van der Waals surface area contributed by atoms with Crippen LogP contribution in [0.1, 0.15) is 32.0 Å². The van der Waals surface area contributed by atoms with E-state index in [1.165, 1.54) is 7.11 Å². The van der Waals surface area contributed by atoms with Gasteiger partial charge in [-0.3, -0.25) is 9.59 Å². The van der Waals surface area contributed by atoms with Crippen LogP contribution in [0.3, 0.4) is 0 Å². The number of benzene rings is 3. The first-order chi connectivity index (χ1) is 14.1. The Hall–Kier alpha value is -3.86. The Labute approximate surface area is 167 Å². The van der Waals surface area contributed by atoms with Gasteiger partial charge in [0.05, 0.1) is 12.7 Å². The Balaban J connectivity index is 1.65. The third kappa shape index (κ3) is 3.50. The highest BCUT2D eigenvalue weighted by atomic mass is 16.5. The molecule has 0 fully saturated rings. The summed E-state index contributed by atoms with van der Waals surface area (Å²) in [4.78, 5) is 25.4. The molecule has 1 heterocycles. The summed E-state index contributed by atoms with van der Waals surface area (Å²) in [6.07, 6.45) is 0. The van der Waals surface area contributed by atoms with Crippen LogP contribution in [0.2, 0.25) is 0 Å². The van der Waals surface area contributed by atoms with E-state index in [1.807, 2.05) is 31.2 Å². The molecule has 1 aromatic heterocycles. The monoisotopic (exact) mass is 385 g/mol. The Bertz CT molecular complexity index is 1210. The molecule has 4 rings (SSSR count). The fourth-order valence-electron chi connectivity index (χ4n) is 3.27. The Morgan fingerprint density at radius 1 is 0.931 bits per heavy atom. The smallest absolute Gasteiger partial charge is 0.259 e. The van der Waals surface area contributed by atoms with E-state index in [4.69, 9.17) is 9.15 Å². The van der Waals surface area contributed by atoms with Gasteiger partial charge in [0, 0.05) is 28.3 Å². The third-order valence-corrected chi connectivity index (χ3v) is 4.79. The molecule has 3 aromatic carbocycles. The lowest BCUT2D eigenvalue weighted by atomic mass is 10.0. The van der Waals surface area contributed by atoms with Gasteiger partial charge in [-0.15, -0.1) is 0 Å². The van der Waals surface area contributed by atoms with Gasteiger partial charge in [-0.25, -0.2) is 0 Å². The summed E-state index contributed by atoms with van der Waals surface area (Å²) in [5.41, 5.74) is 2.89. The first kappa shape index (κ1) is 18.5. The fraction of sp³-hybridized carbons (Fsp3) is 0.0833. The minimum Gasteiger partial charge on any atom is -0.496 e. The highest BCUT2D eigenvalue weighted by Crippen LogP contribution is 2.30. The van der Waals surface area contributed by atoms with Crippen molar-refractivity contribution in [3.8, 4) is 5.75 Å². The molecule has 5 nitrogen and oxygen atoms in total. The number of anilines is 1. The minimum atomic E-state index is -0.286. The largest absolute Gasteiger partial charge is 0.496 e. The summed E-state index contributed by atoms with van der Waals surface area (Å²) in [5.74, 6) is 0.347. The molecule has 0 aliphatic carbocycles. The summed E-state index contributed by atoms with van der Waals surface area (Å²) >= 11 is 0. The maximum absolute atomic E-state index is 12.8. The zero-order valence-corrected chi connectivity index (χ0v) is 16.1. The number of hydrogen-bond donors (Lipinski definition) is 1. The van der Waals surface area contributed by atoms with Gasteiger partial charge in [0.1, 0.15) is 11.3 Å². The van der Waals surface area contributed by atoms with E-state index >= 15 is 0 Å². The van der Waals surface area contributed by atoms with Crippen LogP contribution in [0.25, 0.3) is 11.0 Å². The quantitative estimate of drug-likeness (QED) is 0.478. The summed E-state index contributed by atoms with van der Waals surface area (Å²) < 4.78 is 11.1. The number of amides is 1. The van der Waals surface area contributed by atoms with Gasteiger partial charge < -0.3 is 14.5 Å². The molecule has 0 unspecified atom stereocenters. The molecule has 0 aliphatic heterocycles. The SMILES string of the molecule is COc1ccccc1C(=O)Nc1ccc2c(C)c(C(=O)c3ccccc3)oc2c1. The van der Waals surface area contributed by atoms with Gasteiger partial charge in [-0.1, -0.05) is 42.5 Å². The number of hydrogen-bond acceptors (Lipinski definition) is 4. The van der Waals surface area contributed by atoms with E-state index < -0.39 is 0 Å². The number of aryl methyl sites for hydroxylation is 1. The molecule has 0 saturated carbocycles. The summed E-state index contributed by atoms with van der Waals surface area (Å²) in [5, 5.41) is 3.68. The maximum Gasteiger partial charge on any atom is 0.259 e. The number of carbonyl (C=O) groups is 2. The molecular formula is C24H19NO4. The number of methoxy groups -OCH3 is 1. The highest BCUT2D eigenvalue weighted by Gasteiger charge is 2.20. The summed E-state index contributed by atoms with van der Waals surface area (Å²) in [7, 11) is 1.52. The van der Waals surface area contributed by atoms with Crippen LogP contribution < -0.4 is 10.1 Å². The second kappa shape index (κ2) is 7.64. The standard InChI is InChI=1S/C24H19NO4/c1-15-18-13-12-17(25-24(27)19-10-6-7-11-20(19)28-2)14-21(18)29-23(15)22(26)16-8-4-3-5-9-16/h3-14H,1-2H3,(H,25,27). The number of ether oxygens (including phenoxy) is 1. The van der Waals surface area contributed by atoms with Crippen molar-refractivity contribution in [1.82, 2.24) is 0 Å². The average molecular weight is 385 g/mol. The normalized spacial score (nSPS) is 10.7. The van der Waals surface area contributed by atoms with Crippen LogP contribution in [-0.2, 0) is 0 Å². The van der Waals surface area contributed by atoms with Crippen molar-refractivity contribution < 1.29 is 18.7 Å². The number of furan rings is 1. The Morgan fingerprint density at radius 2 is 1.66 bits per heavy atom. The van der Waals surface area contributed by atoms with Gasteiger partial charge in [-0.2, -0.15) is 0 Å². The van der Waals surface area contributed by atoms with Crippen molar-refractivity contribution in [3.05, 3.63) is 95.2 Å². The lowest BCUT2D eigenvalue weighted by Crippen LogP contribution is -2.12. The molecule has 5 heteroatoms. The van der Waals surface area contributed by atoms with Gasteiger partial charge in [0.2, 0.25) is 5.78 Å². The molecule has 0 spiro atoms. The van der Waals surface area contributed by atoms with Crippen molar-refractivity contribution in [2.24, 2.45) is 0 Å². The van der Waals surface area contributed by atoms with Crippen molar-refractivity contribution in [2.75, 3.05) is 12.4 Å². The second-order valence-electron chi connectivity index (χ2n) is 6.62.